The van der Waals surface area contributed by atoms with Gasteiger partial charge in [-0.05, 0) is 25.0 Å². The number of nitrogens with zero attached hydrogens (tertiary/aromatic N) is 1. The van der Waals surface area contributed by atoms with Crippen molar-refractivity contribution >= 4 is 5.82 Å². The minimum absolute atomic E-state index is 0.0640. The number of aliphatic hydroxyl groups is 1. The first-order valence-electron chi connectivity index (χ1n) is 4.23. The monoisotopic (exact) mass is 181 g/mol. The van der Waals surface area contributed by atoms with Crippen molar-refractivity contribution in [3.63, 3.8) is 0 Å². The Hall–Kier alpha value is -1.13. The van der Waals surface area contributed by atoms with Gasteiger partial charge in [-0.2, -0.15) is 0 Å². The van der Waals surface area contributed by atoms with E-state index in [4.69, 9.17) is 16.6 Å². The van der Waals surface area contributed by atoms with E-state index < -0.39 is 0 Å². The molecule has 72 valence electrons. The third kappa shape index (κ3) is 2.40. The Labute approximate surface area is 77.6 Å². The molecule has 13 heavy (non-hydrogen) atoms. The average Bonchev–Trinajstić information content (AvgIpc) is 2.09. The maximum atomic E-state index is 8.72. The summed E-state index contributed by atoms with van der Waals surface area (Å²) < 4.78 is 0. The molecule has 1 aromatic heterocycles. The number of aliphatic hydroxyl groups excluding tert-OH is 1. The summed E-state index contributed by atoms with van der Waals surface area (Å²) in [6.07, 6.45) is 2.21. The Morgan fingerprint density at radius 3 is 2.92 bits per heavy atom. The standard InChI is InChI=1S/C9H15N3O/c1-6-4-7(8(10)2-3-13)9(11)12-5-6/h4-5,8,13H,2-3,10H2,1H3,(H2,11,12). The topological polar surface area (TPSA) is 85.2 Å². The van der Waals surface area contributed by atoms with Gasteiger partial charge in [0.2, 0.25) is 0 Å². The molecule has 0 radical (unpaired) electrons. The van der Waals surface area contributed by atoms with Crippen molar-refractivity contribution in [2.75, 3.05) is 12.3 Å². The van der Waals surface area contributed by atoms with Gasteiger partial charge >= 0.3 is 0 Å². The lowest BCUT2D eigenvalue weighted by Crippen LogP contribution is -2.14. The molecule has 4 heteroatoms. The normalized spacial score (nSPS) is 12.8. The highest BCUT2D eigenvalue weighted by atomic mass is 16.3. The average molecular weight is 181 g/mol. The van der Waals surface area contributed by atoms with Crippen molar-refractivity contribution in [2.45, 2.75) is 19.4 Å². The summed E-state index contributed by atoms with van der Waals surface area (Å²) in [6.45, 7) is 2.00. The molecule has 0 fully saturated rings. The van der Waals surface area contributed by atoms with E-state index in [1.165, 1.54) is 0 Å². The van der Waals surface area contributed by atoms with Crippen LogP contribution in [0, 0.1) is 6.92 Å². The third-order valence-electron chi connectivity index (χ3n) is 1.93. The van der Waals surface area contributed by atoms with Crippen LogP contribution < -0.4 is 11.5 Å². The molecule has 0 aliphatic rings. The van der Waals surface area contributed by atoms with E-state index in [0.29, 0.717) is 12.2 Å². The first-order valence-corrected chi connectivity index (χ1v) is 4.23. The minimum atomic E-state index is -0.225. The maximum absolute atomic E-state index is 8.72. The van der Waals surface area contributed by atoms with Crippen LogP contribution >= 0.6 is 0 Å². The van der Waals surface area contributed by atoms with Gasteiger partial charge in [-0.3, -0.25) is 0 Å². The second kappa shape index (κ2) is 4.20. The van der Waals surface area contributed by atoms with Crippen molar-refractivity contribution in [3.8, 4) is 0 Å². The Kier molecular flexibility index (Phi) is 3.22. The predicted octanol–water partition coefficient (Wildman–Crippen LogP) is 0.354. The van der Waals surface area contributed by atoms with Crippen LogP contribution in [0.5, 0.6) is 0 Å². The minimum Gasteiger partial charge on any atom is -0.396 e. The molecule has 5 N–H and O–H groups in total. The van der Waals surface area contributed by atoms with Gasteiger partial charge < -0.3 is 16.6 Å². The van der Waals surface area contributed by atoms with Crippen molar-refractivity contribution in [2.24, 2.45) is 5.73 Å². The number of anilines is 1. The van der Waals surface area contributed by atoms with E-state index >= 15 is 0 Å². The summed E-state index contributed by atoms with van der Waals surface area (Å²) in [5, 5.41) is 8.72. The zero-order valence-corrected chi connectivity index (χ0v) is 7.70. The Balaban J connectivity index is 2.91. The number of pyridine rings is 1. The lowest BCUT2D eigenvalue weighted by atomic mass is 10.0. The van der Waals surface area contributed by atoms with Crippen molar-refractivity contribution in [1.82, 2.24) is 4.98 Å². The molecule has 1 unspecified atom stereocenters. The molecule has 1 aromatic rings. The Morgan fingerprint density at radius 1 is 1.62 bits per heavy atom. The molecule has 1 rings (SSSR count). The van der Waals surface area contributed by atoms with Crippen molar-refractivity contribution in [3.05, 3.63) is 23.4 Å². The molecule has 0 aliphatic carbocycles. The maximum Gasteiger partial charge on any atom is 0.128 e. The lowest BCUT2D eigenvalue weighted by molar-refractivity contribution is 0.276. The highest BCUT2D eigenvalue weighted by molar-refractivity contribution is 5.42. The van der Waals surface area contributed by atoms with Crippen LogP contribution in [-0.4, -0.2) is 16.7 Å². The van der Waals surface area contributed by atoms with E-state index in [0.717, 1.165) is 11.1 Å². The quantitative estimate of drug-likeness (QED) is 0.628. The van der Waals surface area contributed by atoms with Crippen LogP contribution in [-0.2, 0) is 0 Å². The molecule has 0 aromatic carbocycles. The largest absolute Gasteiger partial charge is 0.396 e. The summed E-state index contributed by atoms with van der Waals surface area (Å²) in [4.78, 5) is 4.00. The second-order valence-corrected chi connectivity index (χ2v) is 3.11. The number of aromatic nitrogens is 1. The number of aryl methyl sites for hydroxylation is 1. The molecular weight excluding hydrogens is 166 g/mol. The molecule has 4 nitrogen and oxygen atoms in total. The van der Waals surface area contributed by atoms with Crippen LogP contribution in [0.2, 0.25) is 0 Å². The molecule has 1 heterocycles. The zero-order chi connectivity index (χ0) is 9.84. The fraction of sp³-hybridized carbons (Fsp3) is 0.444. The number of hydrogen-bond donors (Lipinski definition) is 3. The Morgan fingerprint density at radius 2 is 2.31 bits per heavy atom. The molecule has 0 aliphatic heterocycles. The van der Waals surface area contributed by atoms with Gasteiger partial charge in [-0.25, -0.2) is 4.98 Å². The van der Waals surface area contributed by atoms with Gasteiger partial charge in [0.05, 0.1) is 0 Å². The van der Waals surface area contributed by atoms with Crippen molar-refractivity contribution in [1.29, 1.82) is 0 Å². The third-order valence-corrected chi connectivity index (χ3v) is 1.93. The molecule has 0 saturated heterocycles. The number of rotatable bonds is 3. The van der Waals surface area contributed by atoms with Crippen LogP contribution in [0.25, 0.3) is 0 Å². The summed E-state index contributed by atoms with van der Waals surface area (Å²) in [6, 6.07) is 1.68. The second-order valence-electron chi connectivity index (χ2n) is 3.11. The first kappa shape index (κ1) is 9.95. The van der Waals surface area contributed by atoms with Gasteiger partial charge in [0.15, 0.2) is 0 Å². The van der Waals surface area contributed by atoms with E-state index in [2.05, 4.69) is 4.98 Å². The van der Waals surface area contributed by atoms with Gasteiger partial charge in [-0.15, -0.1) is 0 Å². The highest BCUT2D eigenvalue weighted by Gasteiger charge is 2.09. The van der Waals surface area contributed by atoms with E-state index in [9.17, 15) is 0 Å². The Bertz CT molecular complexity index is 288. The molecular formula is C9H15N3O. The first-order chi connectivity index (χ1) is 6.15. The summed E-state index contributed by atoms with van der Waals surface area (Å²) in [7, 11) is 0. The zero-order valence-electron chi connectivity index (χ0n) is 7.70. The van der Waals surface area contributed by atoms with Crippen LogP contribution in [0.4, 0.5) is 5.82 Å². The van der Waals surface area contributed by atoms with E-state index in [1.807, 2.05) is 13.0 Å². The summed E-state index contributed by atoms with van der Waals surface area (Å²) in [5.74, 6) is 0.451. The van der Waals surface area contributed by atoms with Gasteiger partial charge in [-0.1, -0.05) is 0 Å². The number of nitrogens with two attached hydrogens (primary N) is 2. The predicted molar refractivity (Wildman–Crippen MR) is 52.0 cm³/mol. The fourth-order valence-corrected chi connectivity index (χ4v) is 1.19. The smallest absolute Gasteiger partial charge is 0.128 e. The number of hydrogen-bond acceptors (Lipinski definition) is 4. The highest BCUT2D eigenvalue weighted by Crippen LogP contribution is 2.19. The summed E-state index contributed by atoms with van der Waals surface area (Å²) >= 11 is 0. The molecule has 0 bridgehead atoms. The van der Waals surface area contributed by atoms with Crippen LogP contribution in [0.3, 0.4) is 0 Å². The van der Waals surface area contributed by atoms with Gasteiger partial charge in [0, 0.05) is 24.4 Å². The van der Waals surface area contributed by atoms with Crippen molar-refractivity contribution < 1.29 is 5.11 Å². The van der Waals surface area contributed by atoms with E-state index in [1.54, 1.807) is 6.20 Å². The summed E-state index contributed by atoms with van der Waals surface area (Å²) in [5.41, 5.74) is 13.3. The molecule has 0 spiro atoms. The molecule has 1 atom stereocenters. The van der Waals surface area contributed by atoms with Crippen LogP contribution in [0.1, 0.15) is 23.6 Å². The fourth-order valence-electron chi connectivity index (χ4n) is 1.19. The molecule has 0 amide bonds. The SMILES string of the molecule is Cc1cnc(N)c(C(N)CCO)c1. The van der Waals surface area contributed by atoms with E-state index in [-0.39, 0.29) is 12.6 Å². The van der Waals surface area contributed by atoms with Crippen LogP contribution in [0.15, 0.2) is 12.3 Å². The van der Waals surface area contributed by atoms with Gasteiger partial charge in [0.1, 0.15) is 5.82 Å². The van der Waals surface area contributed by atoms with Gasteiger partial charge in [0.25, 0.3) is 0 Å². The molecule has 0 saturated carbocycles. The number of nitrogen functional groups attached to an aromatic ring is 1. The lowest BCUT2D eigenvalue weighted by Gasteiger charge is -2.12.